The summed E-state index contributed by atoms with van der Waals surface area (Å²) in [7, 11) is 2.27. The zero-order valence-corrected chi connectivity index (χ0v) is 16.2. The molecule has 3 nitrogen and oxygen atoms in total. The van der Waals surface area contributed by atoms with E-state index in [4.69, 9.17) is 4.74 Å². The third-order valence-electron chi connectivity index (χ3n) is 7.97. The SMILES string of the molecule is C[C@@H]1CCCC(/C=C/[C@H]2[C@@H]3CCCC[C@H]3C[C@H]3C(=O)O[C@H](C)[C@@H]23)N1C. The first kappa shape index (κ1) is 17.6. The highest BCUT2D eigenvalue weighted by Crippen LogP contribution is 2.53. The Kier molecular flexibility index (Phi) is 4.96. The van der Waals surface area contributed by atoms with Crippen molar-refractivity contribution in [1.82, 2.24) is 4.90 Å². The van der Waals surface area contributed by atoms with Gasteiger partial charge in [-0.15, -0.1) is 0 Å². The summed E-state index contributed by atoms with van der Waals surface area (Å²) in [6, 6.07) is 1.25. The highest BCUT2D eigenvalue weighted by molar-refractivity contribution is 5.75. The summed E-state index contributed by atoms with van der Waals surface area (Å²) < 4.78 is 5.69. The lowest BCUT2D eigenvalue weighted by atomic mass is 9.57. The fraction of sp³-hybridized carbons (Fsp3) is 0.864. The topological polar surface area (TPSA) is 29.5 Å². The van der Waals surface area contributed by atoms with Crippen molar-refractivity contribution in [3.05, 3.63) is 12.2 Å². The molecule has 2 aliphatic carbocycles. The zero-order chi connectivity index (χ0) is 17.6. The number of likely N-dealkylation sites (N-methyl/N-ethyl adjacent to an activating group) is 1. The number of rotatable bonds is 2. The van der Waals surface area contributed by atoms with Crippen LogP contribution in [-0.4, -0.2) is 36.1 Å². The molecule has 8 atom stereocenters. The summed E-state index contributed by atoms with van der Waals surface area (Å²) in [5.41, 5.74) is 0. The van der Waals surface area contributed by atoms with Crippen molar-refractivity contribution in [2.75, 3.05) is 7.05 Å². The van der Waals surface area contributed by atoms with Crippen LogP contribution in [0, 0.1) is 29.6 Å². The van der Waals surface area contributed by atoms with Crippen molar-refractivity contribution in [2.45, 2.75) is 83.4 Å². The lowest BCUT2D eigenvalue weighted by Crippen LogP contribution is -2.44. The number of esters is 1. The fourth-order valence-corrected chi connectivity index (χ4v) is 6.43. The van der Waals surface area contributed by atoms with E-state index in [-0.39, 0.29) is 18.0 Å². The standard InChI is InChI=1S/C22H35NO2/c1-14-7-6-9-17(23(14)3)11-12-19-18-10-5-4-8-16(18)13-20-21(19)15(2)25-22(20)24/h11-12,14-21H,4-10,13H2,1-3H3/b12-11+/t14-,15-,16+,17?,18-,19+,20-,21+/m1/s1. The van der Waals surface area contributed by atoms with E-state index < -0.39 is 0 Å². The van der Waals surface area contributed by atoms with Crippen molar-refractivity contribution >= 4 is 5.97 Å². The summed E-state index contributed by atoms with van der Waals surface area (Å²) >= 11 is 0. The molecule has 25 heavy (non-hydrogen) atoms. The molecule has 4 fully saturated rings. The second-order valence-corrected chi connectivity index (χ2v) is 9.24. The minimum absolute atomic E-state index is 0.0864. The number of hydrogen-bond acceptors (Lipinski definition) is 3. The lowest BCUT2D eigenvalue weighted by molar-refractivity contribution is -0.144. The molecule has 2 saturated heterocycles. The van der Waals surface area contributed by atoms with Gasteiger partial charge in [0.1, 0.15) is 6.10 Å². The van der Waals surface area contributed by atoms with Crippen LogP contribution in [0.4, 0.5) is 0 Å². The molecule has 0 radical (unpaired) electrons. The molecule has 2 heterocycles. The number of carbonyl (C=O) groups excluding carboxylic acids is 1. The van der Waals surface area contributed by atoms with Crippen molar-refractivity contribution in [3.63, 3.8) is 0 Å². The second-order valence-electron chi connectivity index (χ2n) is 9.24. The molecule has 0 aromatic rings. The van der Waals surface area contributed by atoms with Crippen molar-refractivity contribution < 1.29 is 9.53 Å². The van der Waals surface area contributed by atoms with Crippen molar-refractivity contribution in [1.29, 1.82) is 0 Å². The zero-order valence-electron chi connectivity index (χ0n) is 16.2. The molecular weight excluding hydrogens is 310 g/mol. The summed E-state index contributed by atoms with van der Waals surface area (Å²) in [5, 5.41) is 0. The van der Waals surface area contributed by atoms with E-state index in [0.29, 0.717) is 23.9 Å². The Labute approximate surface area is 153 Å². The van der Waals surface area contributed by atoms with Crippen LogP contribution in [0.2, 0.25) is 0 Å². The first-order valence-corrected chi connectivity index (χ1v) is 10.7. The normalized spacial score (nSPS) is 48.2. The third-order valence-corrected chi connectivity index (χ3v) is 7.97. The average Bonchev–Trinajstić information content (AvgIpc) is 2.89. The van der Waals surface area contributed by atoms with Crippen molar-refractivity contribution in [3.8, 4) is 0 Å². The fourth-order valence-electron chi connectivity index (χ4n) is 6.43. The van der Waals surface area contributed by atoms with Crippen LogP contribution >= 0.6 is 0 Å². The minimum Gasteiger partial charge on any atom is -0.462 e. The predicted molar refractivity (Wildman–Crippen MR) is 100 cm³/mol. The minimum atomic E-state index is 0.0864. The van der Waals surface area contributed by atoms with Crippen LogP contribution in [0.15, 0.2) is 12.2 Å². The van der Waals surface area contributed by atoms with E-state index in [1.807, 2.05) is 0 Å². The highest BCUT2D eigenvalue weighted by Gasteiger charge is 2.53. The van der Waals surface area contributed by atoms with Gasteiger partial charge in [0, 0.05) is 18.0 Å². The predicted octanol–water partition coefficient (Wildman–Crippen LogP) is 4.42. The molecule has 4 aliphatic rings. The number of fused-ring (bicyclic) bond motifs is 2. The van der Waals surface area contributed by atoms with Gasteiger partial charge >= 0.3 is 5.97 Å². The Bertz CT molecular complexity index is 530. The van der Waals surface area contributed by atoms with Crippen LogP contribution < -0.4 is 0 Å². The van der Waals surface area contributed by atoms with E-state index in [2.05, 4.69) is 37.9 Å². The number of hydrogen-bond donors (Lipinski definition) is 0. The molecule has 3 heteroatoms. The monoisotopic (exact) mass is 345 g/mol. The van der Waals surface area contributed by atoms with Gasteiger partial charge in [0.15, 0.2) is 0 Å². The number of likely N-dealkylation sites (tertiary alicyclic amines) is 1. The number of ether oxygens (including phenoxy) is 1. The average molecular weight is 346 g/mol. The number of piperidine rings is 1. The number of nitrogens with zero attached hydrogens (tertiary/aromatic N) is 1. The van der Waals surface area contributed by atoms with Gasteiger partial charge < -0.3 is 4.74 Å². The smallest absolute Gasteiger partial charge is 0.309 e. The van der Waals surface area contributed by atoms with E-state index in [0.717, 1.165) is 18.3 Å². The van der Waals surface area contributed by atoms with Crippen LogP contribution in [0.25, 0.3) is 0 Å². The largest absolute Gasteiger partial charge is 0.462 e. The number of cyclic esters (lactones) is 1. The van der Waals surface area contributed by atoms with Gasteiger partial charge in [-0.2, -0.15) is 0 Å². The maximum Gasteiger partial charge on any atom is 0.309 e. The Hall–Kier alpha value is -0.830. The molecule has 4 rings (SSSR count). The summed E-state index contributed by atoms with van der Waals surface area (Å²) in [6.45, 7) is 4.47. The maximum atomic E-state index is 12.4. The maximum absolute atomic E-state index is 12.4. The molecule has 1 unspecified atom stereocenters. The second kappa shape index (κ2) is 7.06. The summed E-state index contributed by atoms with van der Waals surface area (Å²) in [4.78, 5) is 14.9. The molecule has 0 aromatic carbocycles. The number of carbonyl (C=O) groups is 1. The Morgan fingerprint density at radius 1 is 1.04 bits per heavy atom. The molecule has 0 bridgehead atoms. The Balaban J connectivity index is 1.57. The van der Waals surface area contributed by atoms with Crippen molar-refractivity contribution in [2.24, 2.45) is 29.6 Å². The van der Waals surface area contributed by atoms with Gasteiger partial charge in [-0.3, -0.25) is 9.69 Å². The molecule has 0 N–H and O–H groups in total. The molecule has 140 valence electrons. The molecule has 0 spiro atoms. The van der Waals surface area contributed by atoms with Gasteiger partial charge in [-0.05, 0) is 64.3 Å². The van der Waals surface area contributed by atoms with Crippen LogP contribution in [-0.2, 0) is 9.53 Å². The van der Waals surface area contributed by atoms with Gasteiger partial charge in [0.05, 0.1) is 5.92 Å². The molecule has 2 saturated carbocycles. The van der Waals surface area contributed by atoms with Crippen LogP contribution in [0.5, 0.6) is 0 Å². The van der Waals surface area contributed by atoms with E-state index in [9.17, 15) is 4.79 Å². The molecule has 0 aromatic heterocycles. The molecule has 2 aliphatic heterocycles. The quantitative estimate of drug-likeness (QED) is 0.548. The van der Waals surface area contributed by atoms with Gasteiger partial charge in [-0.1, -0.05) is 37.8 Å². The van der Waals surface area contributed by atoms with E-state index in [1.54, 1.807) is 0 Å². The van der Waals surface area contributed by atoms with E-state index >= 15 is 0 Å². The summed E-state index contributed by atoms with van der Waals surface area (Å²) in [6.07, 6.45) is 15.5. The van der Waals surface area contributed by atoms with Gasteiger partial charge in [0.25, 0.3) is 0 Å². The van der Waals surface area contributed by atoms with Crippen LogP contribution in [0.3, 0.4) is 0 Å². The Morgan fingerprint density at radius 3 is 2.68 bits per heavy atom. The van der Waals surface area contributed by atoms with Crippen LogP contribution in [0.1, 0.15) is 65.2 Å². The van der Waals surface area contributed by atoms with E-state index in [1.165, 1.54) is 44.9 Å². The number of allylic oxidation sites excluding steroid dienone is 1. The first-order valence-electron chi connectivity index (χ1n) is 10.7. The molecule has 0 amide bonds. The third kappa shape index (κ3) is 3.18. The summed E-state index contributed by atoms with van der Waals surface area (Å²) in [5.74, 6) is 2.71. The highest BCUT2D eigenvalue weighted by atomic mass is 16.6. The molecular formula is C22H35NO2. The van der Waals surface area contributed by atoms with Gasteiger partial charge in [0.2, 0.25) is 0 Å². The lowest BCUT2D eigenvalue weighted by Gasteiger charge is -2.46. The van der Waals surface area contributed by atoms with Gasteiger partial charge in [-0.25, -0.2) is 0 Å². The Morgan fingerprint density at radius 2 is 1.84 bits per heavy atom. The first-order chi connectivity index (χ1) is 12.1.